The van der Waals surface area contributed by atoms with Crippen LogP contribution in [0.2, 0.25) is 0 Å². The molecule has 1 unspecified atom stereocenters. The van der Waals surface area contributed by atoms with Crippen molar-refractivity contribution >= 4 is 0 Å². The molecule has 0 amide bonds. The third kappa shape index (κ3) is 3.70. The van der Waals surface area contributed by atoms with Crippen molar-refractivity contribution in [3.8, 4) is 0 Å². The van der Waals surface area contributed by atoms with Crippen LogP contribution in [-0.4, -0.2) is 41.5 Å². The van der Waals surface area contributed by atoms with Crippen molar-refractivity contribution in [1.82, 2.24) is 9.80 Å². The van der Waals surface area contributed by atoms with Crippen LogP contribution in [0.4, 0.5) is 0 Å². The van der Waals surface area contributed by atoms with Gasteiger partial charge >= 0.3 is 0 Å². The second kappa shape index (κ2) is 6.69. The largest absolute Gasteiger partial charge is 0.326 e. The van der Waals surface area contributed by atoms with Gasteiger partial charge in [-0.15, -0.1) is 0 Å². The van der Waals surface area contributed by atoms with E-state index in [-0.39, 0.29) is 5.54 Å². The van der Waals surface area contributed by atoms with E-state index in [1.54, 1.807) is 0 Å². The van der Waals surface area contributed by atoms with Gasteiger partial charge in [0.05, 0.1) is 0 Å². The van der Waals surface area contributed by atoms with Gasteiger partial charge in [-0.1, -0.05) is 12.1 Å². The first kappa shape index (κ1) is 17.5. The van der Waals surface area contributed by atoms with Crippen LogP contribution in [0.3, 0.4) is 0 Å². The van der Waals surface area contributed by atoms with Crippen molar-refractivity contribution in [1.29, 1.82) is 0 Å². The van der Waals surface area contributed by atoms with Crippen LogP contribution in [0.15, 0.2) is 12.1 Å². The smallest absolute Gasteiger partial charge is 0.0323 e. The summed E-state index contributed by atoms with van der Waals surface area (Å²) in [5, 5.41) is 0. The Morgan fingerprint density at radius 1 is 1.05 bits per heavy atom. The number of nitrogens with two attached hydrogens (primary N) is 1. The number of benzene rings is 1. The molecule has 0 bridgehead atoms. The van der Waals surface area contributed by atoms with E-state index in [4.69, 9.17) is 5.73 Å². The van der Waals surface area contributed by atoms with Gasteiger partial charge in [0.1, 0.15) is 0 Å². The normalized spacial score (nSPS) is 19.4. The van der Waals surface area contributed by atoms with Crippen molar-refractivity contribution in [3.05, 3.63) is 34.4 Å². The number of hydrogen-bond acceptors (Lipinski definition) is 3. The van der Waals surface area contributed by atoms with Crippen LogP contribution in [0.1, 0.15) is 56.0 Å². The highest BCUT2D eigenvalue weighted by molar-refractivity contribution is 5.38. The molecule has 0 saturated carbocycles. The quantitative estimate of drug-likeness (QED) is 0.930. The van der Waals surface area contributed by atoms with E-state index < -0.39 is 0 Å². The summed E-state index contributed by atoms with van der Waals surface area (Å²) in [4.78, 5) is 5.20. The highest BCUT2D eigenvalue weighted by atomic mass is 15.3. The first-order valence-electron chi connectivity index (χ1n) is 8.53. The van der Waals surface area contributed by atoms with Crippen LogP contribution in [-0.2, 0) is 6.54 Å². The summed E-state index contributed by atoms with van der Waals surface area (Å²) in [6, 6.07) is 5.08. The third-order valence-electron chi connectivity index (χ3n) is 5.21. The Labute approximate surface area is 136 Å². The maximum Gasteiger partial charge on any atom is 0.0323 e. The molecule has 2 N–H and O–H groups in total. The average molecular weight is 303 g/mol. The predicted molar refractivity (Wildman–Crippen MR) is 95.1 cm³/mol. The van der Waals surface area contributed by atoms with Gasteiger partial charge in [0.15, 0.2) is 0 Å². The first-order chi connectivity index (χ1) is 10.2. The van der Waals surface area contributed by atoms with Crippen molar-refractivity contribution in [3.63, 3.8) is 0 Å². The molecule has 1 aromatic carbocycles. The summed E-state index contributed by atoms with van der Waals surface area (Å²) in [6.07, 6.45) is 0. The van der Waals surface area contributed by atoms with E-state index in [0.29, 0.717) is 12.6 Å². The number of hydrogen-bond donors (Lipinski definition) is 1. The fourth-order valence-electron chi connectivity index (χ4n) is 3.56. The highest BCUT2D eigenvalue weighted by Gasteiger charge is 2.28. The zero-order valence-electron chi connectivity index (χ0n) is 15.2. The van der Waals surface area contributed by atoms with E-state index in [0.717, 1.165) is 26.2 Å². The lowest BCUT2D eigenvalue weighted by Gasteiger charge is -2.44. The van der Waals surface area contributed by atoms with Crippen molar-refractivity contribution < 1.29 is 0 Å². The maximum atomic E-state index is 5.89. The average Bonchev–Trinajstić information content (AvgIpc) is 2.46. The Kier molecular flexibility index (Phi) is 5.31. The SMILES string of the molecule is Cc1cc(C)c(C(C)N2CCN(C(C)(C)C)CC2)cc1CN. The minimum Gasteiger partial charge on any atom is -0.326 e. The first-order valence-corrected chi connectivity index (χ1v) is 8.53. The Hall–Kier alpha value is -0.900. The molecule has 0 spiro atoms. The van der Waals surface area contributed by atoms with E-state index in [9.17, 15) is 0 Å². The van der Waals surface area contributed by atoms with Gasteiger partial charge in [-0.3, -0.25) is 9.80 Å². The highest BCUT2D eigenvalue weighted by Crippen LogP contribution is 2.28. The van der Waals surface area contributed by atoms with Crippen molar-refractivity contribution in [2.45, 2.75) is 59.7 Å². The fraction of sp³-hybridized carbons (Fsp3) is 0.684. The lowest BCUT2D eigenvalue weighted by atomic mass is 9.94. The van der Waals surface area contributed by atoms with Gasteiger partial charge < -0.3 is 5.73 Å². The number of aryl methyl sites for hydroxylation is 2. The molecule has 1 saturated heterocycles. The molecule has 0 aliphatic carbocycles. The summed E-state index contributed by atoms with van der Waals surface area (Å²) in [6.45, 7) is 18.9. The lowest BCUT2D eigenvalue weighted by Crippen LogP contribution is -2.53. The lowest BCUT2D eigenvalue weighted by molar-refractivity contribution is 0.0452. The van der Waals surface area contributed by atoms with E-state index in [1.165, 1.54) is 22.3 Å². The van der Waals surface area contributed by atoms with Gasteiger partial charge in [0, 0.05) is 44.3 Å². The second-order valence-electron chi connectivity index (χ2n) is 7.71. The molecule has 1 fully saturated rings. The molecule has 1 aliphatic rings. The molecule has 124 valence electrons. The summed E-state index contributed by atoms with van der Waals surface area (Å²) < 4.78 is 0. The van der Waals surface area contributed by atoms with E-state index in [2.05, 4.69) is 63.5 Å². The Balaban J connectivity index is 2.12. The maximum absolute atomic E-state index is 5.89. The molecule has 3 heteroatoms. The fourth-order valence-corrected chi connectivity index (χ4v) is 3.56. The standard InChI is InChI=1S/C19H33N3/c1-14-11-15(2)18(12-17(14)13-20)16(3)21-7-9-22(10-8-21)19(4,5)6/h11-12,16H,7-10,13,20H2,1-6H3. The molecule has 1 atom stereocenters. The van der Waals surface area contributed by atoms with Gasteiger partial charge in [0.25, 0.3) is 0 Å². The zero-order valence-corrected chi connectivity index (χ0v) is 15.2. The zero-order chi connectivity index (χ0) is 16.5. The van der Waals surface area contributed by atoms with Gasteiger partial charge in [0.2, 0.25) is 0 Å². The molecule has 1 heterocycles. The molecular formula is C19H33N3. The minimum absolute atomic E-state index is 0.280. The van der Waals surface area contributed by atoms with Crippen molar-refractivity contribution in [2.75, 3.05) is 26.2 Å². The third-order valence-corrected chi connectivity index (χ3v) is 5.21. The summed E-state index contributed by atoms with van der Waals surface area (Å²) in [7, 11) is 0. The molecule has 2 rings (SSSR count). The molecule has 22 heavy (non-hydrogen) atoms. The van der Waals surface area contributed by atoms with Crippen molar-refractivity contribution in [2.24, 2.45) is 5.73 Å². The predicted octanol–water partition coefficient (Wildman–Crippen LogP) is 3.24. The number of piperazine rings is 1. The Morgan fingerprint density at radius 2 is 1.64 bits per heavy atom. The van der Waals surface area contributed by atoms with Crippen LogP contribution in [0, 0.1) is 13.8 Å². The molecule has 0 radical (unpaired) electrons. The van der Waals surface area contributed by atoms with Crippen LogP contribution in [0.25, 0.3) is 0 Å². The topological polar surface area (TPSA) is 32.5 Å². The van der Waals surface area contributed by atoms with E-state index >= 15 is 0 Å². The minimum atomic E-state index is 0.280. The molecule has 1 aliphatic heterocycles. The summed E-state index contributed by atoms with van der Waals surface area (Å²) >= 11 is 0. The Morgan fingerprint density at radius 3 is 2.14 bits per heavy atom. The van der Waals surface area contributed by atoms with Gasteiger partial charge in [-0.2, -0.15) is 0 Å². The Bertz CT molecular complexity index is 508. The second-order valence-corrected chi connectivity index (χ2v) is 7.71. The van der Waals surface area contributed by atoms with E-state index in [1.807, 2.05) is 0 Å². The van der Waals surface area contributed by atoms with Crippen LogP contribution >= 0.6 is 0 Å². The summed E-state index contributed by atoms with van der Waals surface area (Å²) in [5.41, 5.74) is 11.6. The monoisotopic (exact) mass is 303 g/mol. The molecule has 3 nitrogen and oxygen atoms in total. The summed E-state index contributed by atoms with van der Waals surface area (Å²) in [5.74, 6) is 0. The molecular weight excluding hydrogens is 270 g/mol. The van der Waals surface area contributed by atoms with Gasteiger partial charge in [-0.25, -0.2) is 0 Å². The molecule has 1 aromatic rings. The van der Waals surface area contributed by atoms with Crippen LogP contribution in [0.5, 0.6) is 0 Å². The van der Waals surface area contributed by atoms with Crippen LogP contribution < -0.4 is 5.73 Å². The van der Waals surface area contributed by atoms with Gasteiger partial charge in [-0.05, 0) is 63.8 Å². The number of rotatable bonds is 3. The number of nitrogens with zero attached hydrogens (tertiary/aromatic N) is 2. The molecule has 0 aromatic heterocycles.